The summed E-state index contributed by atoms with van der Waals surface area (Å²) < 4.78 is 4.45. The van der Waals surface area contributed by atoms with Gasteiger partial charge in [-0.1, -0.05) is 18.7 Å². The van der Waals surface area contributed by atoms with Crippen molar-refractivity contribution in [3.63, 3.8) is 0 Å². The van der Waals surface area contributed by atoms with Gasteiger partial charge in [0.25, 0.3) is 0 Å². The number of hydrogen-bond donors (Lipinski definition) is 1. The third-order valence-corrected chi connectivity index (χ3v) is 1.48. The van der Waals surface area contributed by atoms with Crippen LogP contribution >= 0.6 is 0 Å². The van der Waals surface area contributed by atoms with E-state index < -0.39 is 5.97 Å². The Balaban J connectivity index is 3.72. The molecular weight excluding hydrogens is 156 g/mol. The lowest BCUT2D eigenvalue weighted by Gasteiger charge is -2.03. The molecule has 0 fully saturated rings. The molecule has 0 spiro atoms. The van der Waals surface area contributed by atoms with Gasteiger partial charge in [0.15, 0.2) is 0 Å². The smallest absolute Gasteiger partial charge is 0.333 e. The highest BCUT2D eigenvalue weighted by atomic mass is 16.5. The maximum atomic E-state index is 10.8. The van der Waals surface area contributed by atoms with Gasteiger partial charge in [0.1, 0.15) is 0 Å². The molecular formula is C9H14O3. The van der Waals surface area contributed by atoms with E-state index in [2.05, 4.69) is 17.9 Å². The average Bonchev–Trinajstić information content (AvgIpc) is 2.11. The predicted molar refractivity (Wildman–Crippen MR) is 46.6 cm³/mol. The molecule has 68 valence electrons. The maximum absolute atomic E-state index is 10.8. The molecule has 0 saturated heterocycles. The van der Waals surface area contributed by atoms with Crippen LogP contribution in [0.1, 0.15) is 12.8 Å². The lowest BCUT2D eigenvalue weighted by molar-refractivity contribution is -0.136. The molecule has 0 unspecified atom stereocenters. The largest absolute Gasteiger partial charge is 0.466 e. The fourth-order valence-electron chi connectivity index (χ4n) is 0.653. The first-order valence-corrected chi connectivity index (χ1v) is 3.65. The van der Waals surface area contributed by atoms with Gasteiger partial charge in [-0.2, -0.15) is 0 Å². The first kappa shape index (κ1) is 10.9. The fraction of sp³-hybridized carbons (Fsp3) is 0.444. The highest BCUT2D eigenvalue weighted by Crippen LogP contribution is 2.09. The number of hydrogen-bond acceptors (Lipinski definition) is 3. The molecule has 0 rings (SSSR count). The van der Waals surface area contributed by atoms with Crippen LogP contribution in [0.5, 0.6) is 0 Å². The Labute approximate surface area is 72.3 Å². The summed E-state index contributed by atoms with van der Waals surface area (Å²) in [5.41, 5.74) is 1.10. The molecule has 0 heterocycles. The molecule has 0 aliphatic rings. The minimum Gasteiger partial charge on any atom is -0.466 e. The van der Waals surface area contributed by atoms with E-state index in [0.29, 0.717) is 24.0 Å². The van der Waals surface area contributed by atoms with E-state index in [1.807, 2.05) is 0 Å². The van der Waals surface area contributed by atoms with Gasteiger partial charge in [-0.05, 0) is 12.8 Å². The molecule has 1 N–H and O–H groups in total. The second kappa shape index (κ2) is 5.55. The van der Waals surface area contributed by atoms with Crippen LogP contribution in [-0.2, 0) is 9.53 Å². The first-order chi connectivity index (χ1) is 5.61. The molecule has 0 bridgehead atoms. The van der Waals surface area contributed by atoms with Crippen LogP contribution in [0.3, 0.4) is 0 Å². The van der Waals surface area contributed by atoms with Gasteiger partial charge in [-0.3, -0.25) is 0 Å². The SMILES string of the molecule is C=C(CO)CCC(=C)C(=O)OC. The predicted octanol–water partition coefficient (Wildman–Crippen LogP) is 1.04. The van der Waals surface area contributed by atoms with Crippen LogP contribution in [0.15, 0.2) is 24.3 Å². The molecule has 0 radical (unpaired) electrons. The average molecular weight is 170 g/mol. The van der Waals surface area contributed by atoms with Crippen LogP contribution in [-0.4, -0.2) is 24.8 Å². The Bertz CT molecular complexity index is 194. The standard InChI is InChI=1S/C9H14O3/c1-7(6-10)4-5-8(2)9(11)12-3/h10H,1-2,4-6H2,3H3. The quantitative estimate of drug-likeness (QED) is 0.381. The van der Waals surface area contributed by atoms with Gasteiger partial charge >= 0.3 is 5.97 Å². The molecule has 3 heteroatoms. The summed E-state index contributed by atoms with van der Waals surface area (Å²) in [6, 6.07) is 0. The Hall–Kier alpha value is -1.09. The Kier molecular flexibility index (Phi) is 5.04. The maximum Gasteiger partial charge on any atom is 0.333 e. The Morgan fingerprint density at radius 1 is 1.42 bits per heavy atom. The topological polar surface area (TPSA) is 46.5 Å². The van der Waals surface area contributed by atoms with Crippen molar-refractivity contribution in [3.8, 4) is 0 Å². The molecule has 3 nitrogen and oxygen atoms in total. The summed E-state index contributed by atoms with van der Waals surface area (Å²) >= 11 is 0. The van der Waals surface area contributed by atoms with Crippen LogP contribution in [0.2, 0.25) is 0 Å². The van der Waals surface area contributed by atoms with Crippen molar-refractivity contribution in [2.24, 2.45) is 0 Å². The van der Waals surface area contributed by atoms with Gasteiger partial charge in [0, 0.05) is 5.57 Å². The third kappa shape index (κ3) is 3.93. The lowest BCUT2D eigenvalue weighted by Crippen LogP contribution is -2.04. The van der Waals surface area contributed by atoms with E-state index in [9.17, 15) is 4.79 Å². The van der Waals surface area contributed by atoms with Crippen molar-refractivity contribution < 1.29 is 14.6 Å². The number of aliphatic hydroxyl groups excluding tert-OH is 1. The van der Waals surface area contributed by atoms with E-state index in [4.69, 9.17) is 5.11 Å². The second-order valence-corrected chi connectivity index (χ2v) is 2.50. The zero-order valence-corrected chi connectivity index (χ0v) is 7.30. The molecule has 0 saturated carbocycles. The number of aliphatic hydroxyl groups is 1. The molecule has 0 aromatic heterocycles. The van der Waals surface area contributed by atoms with Crippen molar-refractivity contribution in [2.75, 3.05) is 13.7 Å². The molecule has 12 heavy (non-hydrogen) atoms. The van der Waals surface area contributed by atoms with Gasteiger partial charge in [-0.25, -0.2) is 4.79 Å². The van der Waals surface area contributed by atoms with Crippen LogP contribution in [0.4, 0.5) is 0 Å². The Morgan fingerprint density at radius 3 is 2.42 bits per heavy atom. The molecule has 0 aromatic rings. The third-order valence-electron chi connectivity index (χ3n) is 1.48. The van der Waals surface area contributed by atoms with E-state index in [1.165, 1.54) is 7.11 Å². The highest BCUT2D eigenvalue weighted by Gasteiger charge is 2.05. The monoisotopic (exact) mass is 170 g/mol. The minimum atomic E-state index is -0.402. The van der Waals surface area contributed by atoms with E-state index in [-0.39, 0.29) is 6.61 Å². The summed E-state index contributed by atoms with van der Waals surface area (Å²) in [6.07, 6.45) is 1.07. The van der Waals surface area contributed by atoms with E-state index in [0.717, 1.165) is 0 Å². The number of ether oxygens (including phenoxy) is 1. The molecule has 0 amide bonds. The van der Waals surface area contributed by atoms with Gasteiger partial charge in [-0.15, -0.1) is 0 Å². The number of methoxy groups -OCH3 is 1. The molecule has 0 atom stereocenters. The normalized spacial score (nSPS) is 9.17. The van der Waals surface area contributed by atoms with Gasteiger partial charge in [0.2, 0.25) is 0 Å². The summed E-state index contributed by atoms with van der Waals surface area (Å²) in [6.45, 7) is 7.07. The van der Waals surface area contributed by atoms with Crippen molar-refractivity contribution in [3.05, 3.63) is 24.3 Å². The van der Waals surface area contributed by atoms with E-state index >= 15 is 0 Å². The second-order valence-electron chi connectivity index (χ2n) is 2.50. The minimum absolute atomic E-state index is 0.0472. The van der Waals surface area contributed by atoms with Crippen LogP contribution in [0, 0.1) is 0 Å². The molecule has 0 aliphatic heterocycles. The summed E-state index contributed by atoms with van der Waals surface area (Å²) in [7, 11) is 1.31. The number of carbonyl (C=O) groups excluding carboxylic acids is 1. The van der Waals surface area contributed by atoms with Gasteiger partial charge in [0.05, 0.1) is 13.7 Å². The highest BCUT2D eigenvalue weighted by molar-refractivity contribution is 5.87. The molecule has 0 aromatic carbocycles. The number of rotatable bonds is 5. The van der Waals surface area contributed by atoms with Crippen LogP contribution < -0.4 is 0 Å². The van der Waals surface area contributed by atoms with Crippen molar-refractivity contribution in [1.82, 2.24) is 0 Å². The number of esters is 1. The lowest BCUT2D eigenvalue weighted by atomic mass is 10.1. The van der Waals surface area contributed by atoms with Gasteiger partial charge < -0.3 is 9.84 Å². The fourth-order valence-corrected chi connectivity index (χ4v) is 0.653. The Morgan fingerprint density at radius 2 is 2.00 bits per heavy atom. The number of carbonyl (C=O) groups is 1. The summed E-state index contributed by atoms with van der Waals surface area (Å²) in [5, 5.41) is 8.60. The summed E-state index contributed by atoms with van der Waals surface area (Å²) in [5.74, 6) is -0.402. The van der Waals surface area contributed by atoms with Crippen molar-refractivity contribution in [2.45, 2.75) is 12.8 Å². The van der Waals surface area contributed by atoms with Crippen molar-refractivity contribution in [1.29, 1.82) is 0 Å². The summed E-state index contributed by atoms with van der Waals surface area (Å²) in [4.78, 5) is 10.8. The van der Waals surface area contributed by atoms with Crippen molar-refractivity contribution >= 4 is 5.97 Å². The zero-order valence-electron chi connectivity index (χ0n) is 7.30. The zero-order chi connectivity index (χ0) is 9.56. The van der Waals surface area contributed by atoms with Crippen LogP contribution in [0.25, 0.3) is 0 Å². The first-order valence-electron chi connectivity index (χ1n) is 3.65. The van der Waals surface area contributed by atoms with E-state index in [1.54, 1.807) is 0 Å². The molecule has 0 aliphatic carbocycles.